The highest BCUT2D eigenvalue weighted by Gasteiger charge is 2.07. The Hall–Kier alpha value is -1.54. The molecule has 0 radical (unpaired) electrons. The molecular formula is C11H11BrN2O2. The number of nitrogens with zero attached hydrogens (tertiary/aromatic N) is 1. The molecule has 0 saturated heterocycles. The third-order valence-corrected chi connectivity index (χ3v) is 2.25. The average molecular weight is 283 g/mol. The molecular weight excluding hydrogens is 272 g/mol. The fourth-order valence-electron chi connectivity index (χ4n) is 1.14. The van der Waals surface area contributed by atoms with Crippen molar-refractivity contribution in [3.63, 3.8) is 0 Å². The van der Waals surface area contributed by atoms with Gasteiger partial charge in [0, 0.05) is 4.47 Å². The standard InChI is InChI=1S/C11H11BrN2O2/c1-2-16-10-7-8(12)3-4-9(10)14-11(15)5-6-13/h3-4,7H,2,5H2,1H3,(H,14,15). The number of halogens is 1. The van der Waals surface area contributed by atoms with Gasteiger partial charge in [0.05, 0.1) is 18.4 Å². The molecule has 0 atom stereocenters. The van der Waals surface area contributed by atoms with Crippen molar-refractivity contribution in [2.45, 2.75) is 13.3 Å². The first-order valence-electron chi connectivity index (χ1n) is 4.76. The van der Waals surface area contributed by atoms with Gasteiger partial charge in [-0.05, 0) is 25.1 Å². The largest absolute Gasteiger partial charge is 0.492 e. The molecule has 84 valence electrons. The lowest BCUT2D eigenvalue weighted by Gasteiger charge is -2.10. The minimum Gasteiger partial charge on any atom is -0.492 e. The van der Waals surface area contributed by atoms with Gasteiger partial charge in [0.25, 0.3) is 0 Å². The second-order valence-electron chi connectivity index (χ2n) is 2.96. The van der Waals surface area contributed by atoms with Crippen LogP contribution in [-0.2, 0) is 4.79 Å². The van der Waals surface area contributed by atoms with E-state index < -0.39 is 0 Å². The molecule has 0 bridgehead atoms. The molecule has 1 rings (SSSR count). The zero-order valence-electron chi connectivity index (χ0n) is 8.79. The third kappa shape index (κ3) is 3.55. The first-order valence-corrected chi connectivity index (χ1v) is 5.55. The summed E-state index contributed by atoms with van der Waals surface area (Å²) in [7, 11) is 0. The zero-order chi connectivity index (χ0) is 12.0. The molecule has 0 fully saturated rings. The van der Waals surface area contributed by atoms with E-state index in [0.29, 0.717) is 18.0 Å². The van der Waals surface area contributed by atoms with E-state index in [4.69, 9.17) is 10.00 Å². The van der Waals surface area contributed by atoms with Gasteiger partial charge in [-0.2, -0.15) is 5.26 Å². The highest BCUT2D eigenvalue weighted by Crippen LogP contribution is 2.28. The quantitative estimate of drug-likeness (QED) is 0.924. The van der Waals surface area contributed by atoms with Crippen LogP contribution in [0.25, 0.3) is 0 Å². The van der Waals surface area contributed by atoms with E-state index in [1.165, 1.54) is 0 Å². The third-order valence-electron chi connectivity index (χ3n) is 1.76. The van der Waals surface area contributed by atoms with E-state index in [1.807, 2.05) is 6.92 Å². The van der Waals surface area contributed by atoms with Crippen molar-refractivity contribution in [1.29, 1.82) is 5.26 Å². The molecule has 0 heterocycles. The van der Waals surface area contributed by atoms with Crippen LogP contribution in [0, 0.1) is 11.3 Å². The smallest absolute Gasteiger partial charge is 0.238 e. The molecule has 0 saturated carbocycles. The molecule has 4 nitrogen and oxygen atoms in total. The summed E-state index contributed by atoms with van der Waals surface area (Å²) in [5.74, 6) is 0.244. The Bertz CT molecular complexity index is 426. The van der Waals surface area contributed by atoms with Crippen molar-refractivity contribution in [3.8, 4) is 11.8 Å². The number of amides is 1. The van der Waals surface area contributed by atoms with Crippen LogP contribution in [0.1, 0.15) is 13.3 Å². The predicted molar refractivity (Wildman–Crippen MR) is 64.2 cm³/mol. The Kier molecular flexibility index (Phi) is 4.80. The molecule has 0 aromatic heterocycles. The van der Waals surface area contributed by atoms with Crippen LogP contribution >= 0.6 is 15.9 Å². The maximum absolute atomic E-state index is 11.3. The number of hydrogen-bond acceptors (Lipinski definition) is 3. The fraction of sp³-hybridized carbons (Fsp3) is 0.273. The summed E-state index contributed by atoms with van der Waals surface area (Å²) in [6, 6.07) is 7.08. The van der Waals surface area contributed by atoms with Gasteiger partial charge in [0.1, 0.15) is 12.2 Å². The van der Waals surface area contributed by atoms with E-state index in [1.54, 1.807) is 24.3 Å². The van der Waals surface area contributed by atoms with E-state index in [2.05, 4.69) is 21.2 Å². The number of nitriles is 1. The number of rotatable bonds is 4. The molecule has 0 aliphatic rings. The lowest BCUT2D eigenvalue weighted by atomic mass is 10.3. The summed E-state index contributed by atoms with van der Waals surface area (Å²) < 4.78 is 6.24. The lowest BCUT2D eigenvalue weighted by Crippen LogP contribution is -2.11. The molecule has 0 unspecified atom stereocenters. The Morgan fingerprint density at radius 2 is 2.38 bits per heavy atom. The van der Waals surface area contributed by atoms with Gasteiger partial charge in [-0.15, -0.1) is 0 Å². The van der Waals surface area contributed by atoms with Gasteiger partial charge in [0.15, 0.2) is 0 Å². The molecule has 16 heavy (non-hydrogen) atoms. The molecule has 1 aromatic carbocycles. The Morgan fingerprint density at radius 1 is 1.62 bits per heavy atom. The molecule has 5 heteroatoms. The maximum atomic E-state index is 11.3. The first-order chi connectivity index (χ1) is 7.67. The summed E-state index contributed by atoms with van der Waals surface area (Å²) >= 11 is 3.32. The second kappa shape index (κ2) is 6.13. The topological polar surface area (TPSA) is 62.1 Å². The molecule has 1 aromatic rings. The number of ether oxygens (including phenoxy) is 1. The van der Waals surface area contributed by atoms with Gasteiger partial charge < -0.3 is 10.1 Å². The molecule has 1 amide bonds. The summed E-state index contributed by atoms with van der Waals surface area (Å²) in [6.45, 7) is 2.37. The molecule has 0 aliphatic carbocycles. The zero-order valence-corrected chi connectivity index (χ0v) is 10.4. The summed E-state index contributed by atoms with van der Waals surface area (Å²) in [5, 5.41) is 11.0. The van der Waals surface area contributed by atoms with Gasteiger partial charge in [-0.1, -0.05) is 15.9 Å². The Morgan fingerprint density at radius 3 is 3.00 bits per heavy atom. The van der Waals surface area contributed by atoms with Gasteiger partial charge in [0.2, 0.25) is 5.91 Å². The monoisotopic (exact) mass is 282 g/mol. The predicted octanol–water partition coefficient (Wildman–Crippen LogP) is 2.70. The fourth-order valence-corrected chi connectivity index (χ4v) is 1.48. The van der Waals surface area contributed by atoms with Crippen LogP contribution in [0.15, 0.2) is 22.7 Å². The van der Waals surface area contributed by atoms with Gasteiger partial charge in [-0.3, -0.25) is 4.79 Å². The number of carbonyl (C=O) groups excluding carboxylic acids is 1. The van der Waals surface area contributed by atoms with Crippen LogP contribution in [0.2, 0.25) is 0 Å². The molecule has 0 aliphatic heterocycles. The summed E-state index contributed by atoms with van der Waals surface area (Å²) in [5.41, 5.74) is 0.574. The number of benzene rings is 1. The van der Waals surface area contributed by atoms with Crippen molar-refractivity contribution >= 4 is 27.5 Å². The first kappa shape index (κ1) is 12.5. The van der Waals surface area contributed by atoms with Crippen LogP contribution in [-0.4, -0.2) is 12.5 Å². The lowest BCUT2D eigenvalue weighted by molar-refractivity contribution is -0.115. The Balaban J connectivity index is 2.86. The normalized spacial score (nSPS) is 9.31. The number of carbonyl (C=O) groups is 1. The van der Waals surface area contributed by atoms with Crippen molar-refractivity contribution in [2.24, 2.45) is 0 Å². The van der Waals surface area contributed by atoms with Gasteiger partial charge >= 0.3 is 0 Å². The molecule has 0 spiro atoms. The second-order valence-corrected chi connectivity index (χ2v) is 3.87. The van der Waals surface area contributed by atoms with Crippen molar-refractivity contribution in [3.05, 3.63) is 22.7 Å². The highest BCUT2D eigenvalue weighted by atomic mass is 79.9. The van der Waals surface area contributed by atoms with Crippen molar-refractivity contribution in [2.75, 3.05) is 11.9 Å². The van der Waals surface area contributed by atoms with Crippen molar-refractivity contribution in [1.82, 2.24) is 0 Å². The maximum Gasteiger partial charge on any atom is 0.238 e. The van der Waals surface area contributed by atoms with E-state index in [-0.39, 0.29) is 12.3 Å². The van der Waals surface area contributed by atoms with E-state index in [9.17, 15) is 4.79 Å². The van der Waals surface area contributed by atoms with Crippen LogP contribution < -0.4 is 10.1 Å². The molecule has 1 N–H and O–H groups in total. The SMILES string of the molecule is CCOc1cc(Br)ccc1NC(=O)CC#N. The van der Waals surface area contributed by atoms with Crippen LogP contribution in [0.4, 0.5) is 5.69 Å². The minimum atomic E-state index is -0.342. The highest BCUT2D eigenvalue weighted by molar-refractivity contribution is 9.10. The Labute approximate surface area is 102 Å². The number of nitrogens with one attached hydrogen (secondary N) is 1. The van der Waals surface area contributed by atoms with Crippen LogP contribution in [0.5, 0.6) is 5.75 Å². The average Bonchev–Trinajstić information content (AvgIpc) is 2.23. The summed E-state index contributed by atoms with van der Waals surface area (Å²) in [4.78, 5) is 11.3. The number of anilines is 1. The van der Waals surface area contributed by atoms with E-state index in [0.717, 1.165) is 4.47 Å². The summed E-state index contributed by atoms with van der Waals surface area (Å²) in [6.07, 6.45) is -0.165. The van der Waals surface area contributed by atoms with Gasteiger partial charge in [-0.25, -0.2) is 0 Å². The van der Waals surface area contributed by atoms with E-state index >= 15 is 0 Å². The number of hydrogen-bond donors (Lipinski definition) is 1. The minimum absolute atomic E-state index is 0.165. The van der Waals surface area contributed by atoms with Crippen LogP contribution in [0.3, 0.4) is 0 Å². The van der Waals surface area contributed by atoms with Crippen molar-refractivity contribution < 1.29 is 9.53 Å².